The largest absolute Gasteiger partial charge is 0.481 e. The van der Waals surface area contributed by atoms with Crippen molar-refractivity contribution < 1.29 is 19.4 Å². The summed E-state index contributed by atoms with van der Waals surface area (Å²) >= 11 is 0. The SMILES string of the molecule is COC(=O)N1CCC(C(=O)O)CC1Cc1cc(C(C)(C)C)cc(C(C)(C)C)c1. The zero-order valence-electron chi connectivity index (χ0n) is 18.3. The number of rotatable bonds is 3. The van der Waals surface area contributed by atoms with Crippen molar-refractivity contribution in [1.29, 1.82) is 0 Å². The van der Waals surface area contributed by atoms with Gasteiger partial charge in [0.25, 0.3) is 0 Å². The van der Waals surface area contributed by atoms with Gasteiger partial charge < -0.3 is 14.7 Å². The van der Waals surface area contributed by atoms with E-state index in [4.69, 9.17) is 4.74 Å². The third-order valence-electron chi connectivity index (χ3n) is 5.67. The summed E-state index contributed by atoms with van der Waals surface area (Å²) in [5, 5.41) is 9.47. The third kappa shape index (κ3) is 5.27. The molecular formula is C23H35NO4. The minimum absolute atomic E-state index is 0.00815. The number of carbonyl (C=O) groups is 2. The molecule has 1 aromatic carbocycles. The molecule has 2 unspecified atom stereocenters. The number of hydrogen-bond acceptors (Lipinski definition) is 3. The van der Waals surface area contributed by atoms with Gasteiger partial charge in [-0.15, -0.1) is 0 Å². The number of carboxylic acids is 1. The van der Waals surface area contributed by atoms with Gasteiger partial charge >= 0.3 is 12.1 Å². The molecule has 1 aliphatic rings. The molecule has 156 valence electrons. The summed E-state index contributed by atoms with van der Waals surface area (Å²) < 4.78 is 4.95. The molecule has 1 heterocycles. The quantitative estimate of drug-likeness (QED) is 0.810. The topological polar surface area (TPSA) is 66.8 Å². The number of carbonyl (C=O) groups excluding carboxylic acids is 1. The summed E-state index contributed by atoms with van der Waals surface area (Å²) in [6, 6.07) is 6.50. The molecule has 2 rings (SSSR count). The smallest absolute Gasteiger partial charge is 0.409 e. The van der Waals surface area contributed by atoms with Crippen molar-refractivity contribution >= 4 is 12.1 Å². The average molecular weight is 390 g/mol. The first-order valence-electron chi connectivity index (χ1n) is 10.0. The van der Waals surface area contributed by atoms with Gasteiger partial charge in [-0.05, 0) is 46.8 Å². The van der Waals surface area contributed by atoms with Gasteiger partial charge in [0.15, 0.2) is 0 Å². The third-order valence-corrected chi connectivity index (χ3v) is 5.67. The second-order valence-corrected chi connectivity index (χ2v) is 10.00. The summed E-state index contributed by atoms with van der Waals surface area (Å²) in [7, 11) is 1.38. The molecule has 0 aliphatic carbocycles. The molecule has 1 saturated heterocycles. The molecule has 0 spiro atoms. The molecular weight excluding hydrogens is 354 g/mol. The van der Waals surface area contributed by atoms with Gasteiger partial charge in [-0.2, -0.15) is 0 Å². The van der Waals surface area contributed by atoms with Gasteiger partial charge in [-0.1, -0.05) is 59.7 Å². The molecule has 0 radical (unpaired) electrons. The van der Waals surface area contributed by atoms with Gasteiger partial charge in [0.1, 0.15) is 0 Å². The molecule has 1 N–H and O–H groups in total. The number of methoxy groups -OCH3 is 1. The lowest BCUT2D eigenvalue weighted by molar-refractivity contribution is -0.144. The highest BCUT2D eigenvalue weighted by molar-refractivity contribution is 5.72. The maximum Gasteiger partial charge on any atom is 0.409 e. The summed E-state index contributed by atoms with van der Waals surface area (Å²) in [6.45, 7) is 13.6. The Kier molecular flexibility index (Phi) is 6.47. The van der Waals surface area contributed by atoms with Crippen LogP contribution in [-0.2, 0) is 26.8 Å². The van der Waals surface area contributed by atoms with Crippen LogP contribution in [0.5, 0.6) is 0 Å². The Morgan fingerprint density at radius 1 is 1.07 bits per heavy atom. The molecule has 1 fully saturated rings. The number of aliphatic carboxylic acids is 1. The van der Waals surface area contributed by atoms with Crippen LogP contribution in [0.4, 0.5) is 4.79 Å². The average Bonchev–Trinajstić information content (AvgIpc) is 2.59. The highest BCUT2D eigenvalue weighted by Gasteiger charge is 2.35. The van der Waals surface area contributed by atoms with E-state index in [9.17, 15) is 14.7 Å². The van der Waals surface area contributed by atoms with Crippen LogP contribution in [0.25, 0.3) is 0 Å². The predicted molar refractivity (Wildman–Crippen MR) is 111 cm³/mol. The lowest BCUT2D eigenvalue weighted by atomic mass is 9.78. The number of carboxylic acid groups (broad SMARTS) is 1. The van der Waals surface area contributed by atoms with E-state index in [1.54, 1.807) is 4.90 Å². The Labute approximate surface area is 169 Å². The number of piperidine rings is 1. The molecule has 1 aromatic rings. The summed E-state index contributed by atoms with van der Waals surface area (Å²) in [6.07, 6.45) is 1.17. The van der Waals surface area contributed by atoms with Crippen molar-refractivity contribution in [2.24, 2.45) is 5.92 Å². The van der Waals surface area contributed by atoms with Gasteiger partial charge in [-0.25, -0.2) is 4.79 Å². The van der Waals surface area contributed by atoms with Crippen LogP contribution in [0.3, 0.4) is 0 Å². The van der Waals surface area contributed by atoms with Crippen molar-refractivity contribution in [2.75, 3.05) is 13.7 Å². The normalized spacial score (nSPS) is 20.8. The molecule has 1 aliphatic heterocycles. The zero-order chi connectivity index (χ0) is 21.3. The Balaban J connectivity index is 2.41. The number of likely N-dealkylation sites (tertiary alicyclic amines) is 1. The molecule has 0 bridgehead atoms. The maximum absolute atomic E-state index is 12.3. The van der Waals surface area contributed by atoms with E-state index in [2.05, 4.69) is 59.7 Å². The molecule has 1 amide bonds. The summed E-state index contributed by atoms with van der Waals surface area (Å²) in [5.41, 5.74) is 3.67. The van der Waals surface area contributed by atoms with Crippen LogP contribution < -0.4 is 0 Å². The Hall–Kier alpha value is -2.04. The van der Waals surface area contributed by atoms with E-state index in [-0.39, 0.29) is 23.0 Å². The lowest BCUT2D eigenvalue weighted by Crippen LogP contribution is -2.48. The van der Waals surface area contributed by atoms with Crippen molar-refractivity contribution in [1.82, 2.24) is 4.90 Å². The molecule has 5 nitrogen and oxygen atoms in total. The Morgan fingerprint density at radius 2 is 1.61 bits per heavy atom. The fraction of sp³-hybridized carbons (Fsp3) is 0.652. The number of ether oxygens (including phenoxy) is 1. The second-order valence-electron chi connectivity index (χ2n) is 10.00. The van der Waals surface area contributed by atoms with E-state index in [0.717, 1.165) is 5.56 Å². The van der Waals surface area contributed by atoms with Gasteiger partial charge in [0.05, 0.1) is 13.0 Å². The van der Waals surface area contributed by atoms with E-state index >= 15 is 0 Å². The number of hydrogen-bond donors (Lipinski definition) is 1. The number of amides is 1. The monoisotopic (exact) mass is 389 g/mol. The van der Waals surface area contributed by atoms with Crippen LogP contribution in [0.2, 0.25) is 0 Å². The standard InChI is InChI=1S/C23H35NO4/c1-22(2,3)17-10-15(11-18(14-17)23(4,5)6)12-19-13-16(20(25)26)8-9-24(19)21(27)28-7/h10-11,14,16,19H,8-9,12-13H2,1-7H3,(H,25,26). The molecule has 5 heteroatoms. The maximum atomic E-state index is 12.3. The van der Waals surface area contributed by atoms with Crippen molar-refractivity contribution in [3.8, 4) is 0 Å². The van der Waals surface area contributed by atoms with Gasteiger partial charge in [-0.3, -0.25) is 4.79 Å². The van der Waals surface area contributed by atoms with Crippen LogP contribution in [-0.4, -0.2) is 41.8 Å². The Bertz CT molecular complexity index is 695. The van der Waals surface area contributed by atoms with Crippen LogP contribution >= 0.6 is 0 Å². The predicted octanol–water partition coefficient (Wildman–Crippen LogP) is 4.76. The van der Waals surface area contributed by atoms with Gasteiger partial charge in [0.2, 0.25) is 0 Å². The van der Waals surface area contributed by atoms with Gasteiger partial charge in [0, 0.05) is 12.6 Å². The fourth-order valence-corrected chi connectivity index (χ4v) is 3.77. The molecule has 28 heavy (non-hydrogen) atoms. The minimum Gasteiger partial charge on any atom is -0.481 e. The van der Waals surface area contributed by atoms with E-state index in [1.807, 2.05) is 0 Å². The number of benzene rings is 1. The lowest BCUT2D eigenvalue weighted by Gasteiger charge is -2.37. The summed E-state index contributed by atoms with van der Waals surface area (Å²) in [4.78, 5) is 25.5. The van der Waals surface area contributed by atoms with Crippen molar-refractivity contribution in [3.63, 3.8) is 0 Å². The first-order chi connectivity index (χ1) is 12.8. The van der Waals surface area contributed by atoms with Crippen LogP contribution in [0, 0.1) is 5.92 Å². The summed E-state index contributed by atoms with van der Waals surface area (Å²) in [5.74, 6) is -1.20. The van der Waals surface area contributed by atoms with Crippen molar-refractivity contribution in [2.45, 2.75) is 77.7 Å². The van der Waals surface area contributed by atoms with Crippen molar-refractivity contribution in [3.05, 3.63) is 34.9 Å². The Morgan fingerprint density at radius 3 is 2.04 bits per heavy atom. The van der Waals surface area contributed by atoms with E-state index in [1.165, 1.54) is 18.2 Å². The zero-order valence-corrected chi connectivity index (χ0v) is 18.3. The first-order valence-corrected chi connectivity index (χ1v) is 10.0. The molecule has 0 saturated carbocycles. The van der Waals surface area contributed by atoms with E-state index in [0.29, 0.717) is 25.8 Å². The highest BCUT2D eigenvalue weighted by Crippen LogP contribution is 2.32. The highest BCUT2D eigenvalue weighted by atomic mass is 16.5. The van der Waals surface area contributed by atoms with Crippen LogP contribution in [0.15, 0.2) is 18.2 Å². The molecule has 2 atom stereocenters. The van der Waals surface area contributed by atoms with E-state index < -0.39 is 11.9 Å². The number of nitrogens with zero attached hydrogens (tertiary/aromatic N) is 1. The second kappa shape index (κ2) is 8.14. The van der Waals surface area contributed by atoms with Crippen LogP contribution in [0.1, 0.15) is 71.1 Å². The fourth-order valence-electron chi connectivity index (χ4n) is 3.77. The minimum atomic E-state index is -0.784. The molecule has 0 aromatic heterocycles. The first kappa shape index (κ1) is 22.3.